The van der Waals surface area contributed by atoms with E-state index < -0.39 is 44.7 Å². The summed E-state index contributed by atoms with van der Waals surface area (Å²) in [6.07, 6.45) is -0.930. The number of nitrogens with zero attached hydrogens (tertiary/aromatic N) is 2. The van der Waals surface area contributed by atoms with Crippen molar-refractivity contribution < 1.29 is 28.5 Å². The van der Waals surface area contributed by atoms with Crippen molar-refractivity contribution in [1.29, 1.82) is 0 Å². The highest BCUT2D eigenvalue weighted by Gasteiger charge is 2.54. The Balaban J connectivity index is 1.86. The standard InChI is InChI=1S/C17H13FN2O7/c1-10(17(9-26-17)14-4-2-3-5-15(14)18)27-16(21)11-6-12(19(22)23)8-13(7-11)20(24)25/h2-8,10H,9H2,1H3/t10-,17-/m1/s1. The number of benzene rings is 2. The summed E-state index contributed by atoms with van der Waals surface area (Å²) in [5.74, 6) is -1.54. The fourth-order valence-electron chi connectivity index (χ4n) is 2.74. The van der Waals surface area contributed by atoms with Crippen LogP contribution < -0.4 is 0 Å². The minimum Gasteiger partial charge on any atom is -0.456 e. The maximum Gasteiger partial charge on any atom is 0.339 e. The van der Waals surface area contributed by atoms with E-state index in [0.29, 0.717) is 0 Å². The van der Waals surface area contributed by atoms with Crippen molar-refractivity contribution in [3.8, 4) is 0 Å². The van der Waals surface area contributed by atoms with Gasteiger partial charge in [0.2, 0.25) is 0 Å². The average molecular weight is 376 g/mol. The molecule has 0 unspecified atom stereocenters. The fraction of sp³-hybridized carbons (Fsp3) is 0.235. The zero-order valence-electron chi connectivity index (χ0n) is 14.0. The normalized spacial score (nSPS) is 19.2. The molecule has 0 saturated carbocycles. The molecule has 9 nitrogen and oxygen atoms in total. The minimum atomic E-state index is -1.16. The van der Waals surface area contributed by atoms with Crippen LogP contribution in [-0.2, 0) is 15.1 Å². The Bertz CT molecular complexity index is 910. The summed E-state index contributed by atoms with van der Waals surface area (Å²) in [5, 5.41) is 21.9. The lowest BCUT2D eigenvalue weighted by Gasteiger charge is -2.21. The number of ether oxygens (including phenoxy) is 2. The van der Waals surface area contributed by atoms with E-state index in [1.807, 2.05) is 0 Å². The molecule has 0 spiro atoms. The van der Waals surface area contributed by atoms with Crippen LogP contribution >= 0.6 is 0 Å². The molecule has 1 saturated heterocycles. The molecule has 27 heavy (non-hydrogen) atoms. The smallest absolute Gasteiger partial charge is 0.339 e. The summed E-state index contributed by atoms with van der Waals surface area (Å²) in [4.78, 5) is 32.5. The fourth-order valence-corrected chi connectivity index (χ4v) is 2.74. The number of non-ortho nitro benzene ring substituents is 2. The monoisotopic (exact) mass is 376 g/mol. The van der Waals surface area contributed by atoms with Gasteiger partial charge in [-0.25, -0.2) is 9.18 Å². The van der Waals surface area contributed by atoms with Crippen LogP contribution in [0.4, 0.5) is 15.8 Å². The van der Waals surface area contributed by atoms with Gasteiger partial charge in [0.25, 0.3) is 11.4 Å². The van der Waals surface area contributed by atoms with Crippen molar-refractivity contribution in [3.63, 3.8) is 0 Å². The molecular weight excluding hydrogens is 363 g/mol. The third-order valence-corrected chi connectivity index (χ3v) is 4.29. The third kappa shape index (κ3) is 3.47. The zero-order valence-corrected chi connectivity index (χ0v) is 14.0. The number of epoxide rings is 1. The molecule has 2 aromatic rings. The van der Waals surface area contributed by atoms with Crippen molar-refractivity contribution in [2.24, 2.45) is 0 Å². The van der Waals surface area contributed by atoms with Gasteiger partial charge in [-0.3, -0.25) is 20.2 Å². The first-order valence-electron chi connectivity index (χ1n) is 7.78. The topological polar surface area (TPSA) is 125 Å². The van der Waals surface area contributed by atoms with Crippen molar-refractivity contribution in [2.75, 3.05) is 6.61 Å². The molecule has 2 atom stereocenters. The van der Waals surface area contributed by atoms with E-state index in [4.69, 9.17) is 9.47 Å². The van der Waals surface area contributed by atoms with Gasteiger partial charge in [-0.1, -0.05) is 18.2 Å². The SMILES string of the molecule is C[C@@H](OC(=O)c1cc([N+](=O)[O-])cc([N+](=O)[O-])c1)[C@@]1(c2ccccc2F)CO1. The van der Waals surface area contributed by atoms with E-state index >= 15 is 0 Å². The Labute approximate surface area is 151 Å². The molecular formula is C17H13FN2O7. The maximum atomic E-state index is 14.1. The van der Waals surface area contributed by atoms with Gasteiger partial charge in [-0.05, 0) is 13.0 Å². The molecule has 1 aliphatic rings. The molecule has 1 heterocycles. The number of carbonyl (C=O) groups excluding carboxylic acids is 1. The molecule has 0 N–H and O–H groups in total. The van der Waals surface area contributed by atoms with E-state index in [1.54, 1.807) is 6.07 Å². The Hall–Kier alpha value is -3.40. The summed E-state index contributed by atoms with van der Waals surface area (Å²) >= 11 is 0. The number of carbonyl (C=O) groups is 1. The van der Waals surface area contributed by atoms with Crippen LogP contribution in [0.15, 0.2) is 42.5 Å². The third-order valence-electron chi connectivity index (χ3n) is 4.29. The lowest BCUT2D eigenvalue weighted by Crippen LogP contribution is -2.31. The second kappa shape index (κ2) is 6.72. The van der Waals surface area contributed by atoms with Gasteiger partial charge in [0.05, 0.1) is 28.1 Å². The lowest BCUT2D eigenvalue weighted by molar-refractivity contribution is -0.394. The van der Waals surface area contributed by atoms with Gasteiger partial charge in [-0.2, -0.15) is 0 Å². The number of rotatable bonds is 6. The van der Waals surface area contributed by atoms with Gasteiger partial charge in [-0.15, -0.1) is 0 Å². The van der Waals surface area contributed by atoms with Crippen LogP contribution in [0, 0.1) is 26.0 Å². The molecule has 0 aromatic heterocycles. The van der Waals surface area contributed by atoms with Crippen LogP contribution in [0.2, 0.25) is 0 Å². The van der Waals surface area contributed by atoms with Crippen molar-refractivity contribution >= 4 is 17.3 Å². The molecule has 0 bridgehead atoms. The molecule has 0 amide bonds. The number of nitro benzene ring substituents is 2. The summed E-state index contributed by atoms with van der Waals surface area (Å²) in [6.45, 7) is 1.61. The molecule has 1 fully saturated rings. The Morgan fingerprint density at radius 1 is 1.19 bits per heavy atom. The number of halogens is 1. The molecule has 0 aliphatic carbocycles. The second-order valence-electron chi connectivity index (χ2n) is 5.96. The van der Waals surface area contributed by atoms with Gasteiger partial charge in [0, 0.05) is 17.7 Å². The van der Waals surface area contributed by atoms with Crippen LogP contribution in [0.1, 0.15) is 22.8 Å². The number of hydrogen-bond acceptors (Lipinski definition) is 7. The largest absolute Gasteiger partial charge is 0.456 e. The van der Waals surface area contributed by atoms with Gasteiger partial charge in [0.15, 0.2) is 5.60 Å². The van der Waals surface area contributed by atoms with Crippen LogP contribution in [0.25, 0.3) is 0 Å². The second-order valence-corrected chi connectivity index (χ2v) is 5.96. The van der Waals surface area contributed by atoms with Crippen molar-refractivity contribution in [1.82, 2.24) is 0 Å². The molecule has 0 radical (unpaired) electrons. The van der Waals surface area contributed by atoms with Gasteiger partial charge < -0.3 is 9.47 Å². The highest BCUT2D eigenvalue weighted by atomic mass is 19.1. The molecule has 3 rings (SSSR count). The quantitative estimate of drug-likeness (QED) is 0.328. The number of hydrogen-bond donors (Lipinski definition) is 0. The van der Waals surface area contributed by atoms with Crippen molar-refractivity contribution in [2.45, 2.75) is 18.6 Å². The molecule has 1 aliphatic heterocycles. The predicted octanol–water partition coefficient (Wildman–Crippen LogP) is 3.11. The molecule has 10 heteroatoms. The highest BCUT2D eigenvalue weighted by Crippen LogP contribution is 2.44. The highest BCUT2D eigenvalue weighted by molar-refractivity contribution is 5.91. The summed E-state index contributed by atoms with van der Waals surface area (Å²) < 4.78 is 24.7. The van der Waals surface area contributed by atoms with Gasteiger partial charge >= 0.3 is 5.97 Å². The van der Waals surface area contributed by atoms with Crippen LogP contribution in [-0.4, -0.2) is 28.5 Å². The van der Waals surface area contributed by atoms with E-state index in [-0.39, 0.29) is 17.7 Å². The van der Waals surface area contributed by atoms with E-state index in [0.717, 1.165) is 18.2 Å². The summed E-state index contributed by atoms with van der Waals surface area (Å²) in [7, 11) is 0. The van der Waals surface area contributed by atoms with Crippen LogP contribution in [0.3, 0.4) is 0 Å². The summed E-state index contributed by atoms with van der Waals surface area (Å²) in [6, 6.07) is 8.37. The van der Waals surface area contributed by atoms with E-state index in [2.05, 4.69) is 0 Å². The Morgan fingerprint density at radius 3 is 2.22 bits per heavy atom. The number of nitro groups is 2. The number of esters is 1. The average Bonchev–Trinajstić information content (AvgIpc) is 3.43. The first-order valence-corrected chi connectivity index (χ1v) is 7.78. The lowest BCUT2D eigenvalue weighted by atomic mass is 9.94. The van der Waals surface area contributed by atoms with E-state index in [1.165, 1.54) is 25.1 Å². The minimum absolute atomic E-state index is 0.122. The van der Waals surface area contributed by atoms with E-state index in [9.17, 15) is 29.4 Å². The Kier molecular flexibility index (Phi) is 4.58. The zero-order chi connectivity index (χ0) is 19.8. The van der Waals surface area contributed by atoms with Crippen molar-refractivity contribution in [3.05, 3.63) is 79.6 Å². The predicted molar refractivity (Wildman–Crippen MR) is 88.7 cm³/mol. The summed E-state index contributed by atoms with van der Waals surface area (Å²) in [5.41, 5.74) is -2.53. The Morgan fingerprint density at radius 2 is 1.74 bits per heavy atom. The maximum absolute atomic E-state index is 14.1. The van der Waals surface area contributed by atoms with Gasteiger partial charge in [0.1, 0.15) is 11.9 Å². The van der Waals surface area contributed by atoms with Crippen LogP contribution in [0.5, 0.6) is 0 Å². The first-order chi connectivity index (χ1) is 12.7. The molecule has 2 aromatic carbocycles. The molecule has 140 valence electrons. The first kappa shape index (κ1) is 18.4.